The summed E-state index contributed by atoms with van der Waals surface area (Å²) in [4.78, 5) is 1.87. The average molecular weight is 315 g/mol. The van der Waals surface area contributed by atoms with Crippen molar-refractivity contribution in [1.29, 1.82) is 5.26 Å². The average Bonchev–Trinajstić information content (AvgIpc) is 2.34. The van der Waals surface area contributed by atoms with E-state index in [1.165, 1.54) is 0 Å². The van der Waals surface area contributed by atoms with Gasteiger partial charge in [-0.2, -0.15) is 5.26 Å². The highest BCUT2D eigenvalue weighted by Gasteiger charge is 2.18. The van der Waals surface area contributed by atoms with Crippen molar-refractivity contribution in [3.63, 3.8) is 0 Å². The fourth-order valence-electron chi connectivity index (χ4n) is 1.75. The van der Waals surface area contributed by atoms with E-state index in [1.807, 2.05) is 24.8 Å². The molecule has 0 aliphatic carbocycles. The lowest BCUT2D eigenvalue weighted by Crippen LogP contribution is -2.33. The second kappa shape index (κ2) is 6.72. The summed E-state index contributed by atoms with van der Waals surface area (Å²) >= 11 is 3.10. The van der Waals surface area contributed by atoms with E-state index in [-0.39, 0.29) is 22.7 Å². The Kier molecular flexibility index (Phi) is 5.57. The maximum absolute atomic E-state index is 14.2. The topological polar surface area (TPSA) is 47.3 Å². The van der Waals surface area contributed by atoms with Crippen LogP contribution in [0.1, 0.15) is 25.8 Å². The molecule has 1 rings (SSSR count). The van der Waals surface area contributed by atoms with Gasteiger partial charge in [-0.05, 0) is 48.3 Å². The van der Waals surface area contributed by atoms with E-state index >= 15 is 0 Å². The molecule has 0 bridgehead atoms. The van der Waals surface area contributed by atoms with Crippen LogP contribution in [0.4, 0.5) is 10.1 Å². The first-order valence-electron chi connectivity index (χ1n) is 5.78. The Morgan fingerprint density at radius 2 is 2.17 bits per heavy atom. The molecule has 0 saturated carbocycles. The molecule has 0 saturated heterocycles. The number of benzene rings is 1. The Labute approximate surface area is 115 Å². The van der Waals surface area contributed by atoms with Gasteiger partial charge in [-0.15, -0.1) is 0 Å². The van der Waals surface area contributed by atoms with E-state index in [2.05, 4.69) is 15.9 Å². The van der Waals surface area contributed by atoms with Crippen LogP contribution in [0.25, 0.3) is 0 Å². The van der Waals surface area contributed by atoms with Gasteiger partial charge in [0.25, 0.3) is 0 Å². The Morgan fingerprint density at radius 3 is 2.67 bits per heavy atom. The third-order valence-electron chi connectivity index (χ3n) is 2.67. The van der Waals surface area contributed by atoms with E-state index < -0.39 is 5.82 Å². The van der Waals surface area contributed by atoms with Crippen LogP contribution in [0, 0.1) is 17.1 Å². The van der Waals surface area contributed by atoms with E-state index in [4.69, 9.17) is 10.4 Å². The number of nitriles is 1. The first-order valence-corrected chi connectivity index (χ1v) is 6.57. The molecule has 0 radical (unpaired) electrons. The largest absolute Gasteiger partial charge is 0.396 e. The third kappa shape index (κ3) is 3.21. The van der Waals surface area contributed by atoms with Gasteiger partial charge >= 0.3 is 0 Å². The van der Waals surface area contributed by atoms with Gasteiger partial charge in [0.05, 0.1) is 15.7 Å². The number of aliphatic hydroxyl groups excluding tert-OH is 1. The number of rotatable bonds is 5. The van der Waals surface area contributed by atoms with Crippen LogP contribution < -0.4 is 4.90 Å². The van der Waals surface area contributed by atoms with Crippen LogP contribution in [0.3, 0.4) is 0 Å². The molecule has 98 valence electrons. The van der Waals surface area contributed by atoms with Crippen LogP contribution in [0.15, 0.2) is 16.6 Å². The second-order valence-electron chi connectivity index (χ2n) is 4.24. The van der Waals surface area contributed by atoms with E-state index in [1.54, 1.807) is 12.1 Å². The highest BCUT2D eigenvalue weighted by atomic mass is 79.9. The number of nitrogens with zero attached hydrogens (tertiary/aromatic N) is 2. The third-order valence-corrected chi connectivity index (χ3v) is 3.45. The van der Waals surface area contributed by atoms with Crippen LogP contribution in [-0.4, -0.2) is 24.3 Å². The summed E-state index contributed by atoms with van der Waals surface area (Å²) in [6.07, 6.45) is 0.579. The number of aliphatic hydroxyl groups is 1. The Bertz CT molecular complexity index is 457. The molecule has 0 heterocycles. The first kappa shape index (κ1) is 14.9. The molecule has 0 spiro atoms. The zero-order valence-electron chi connectivity index (χ0n) is 10.5. The molecular weight excluding hydrogens is 299 g/mol. The molecule has 1 aromatic rings. The summed E-state index contributed by atoms with van der Waals surface area (Å²) in [6.45, 7) is 4.57. The summed E-state index contributed by atoms with van der Waals surface area (Å²) in [5.74, 6) is -0.430. The monoisotopic (exact) mass is 314 g/mol. The lowest BCUT2D eigenvalue weighted by atomic mass is 10.1. The van der Waals surface area contributed by atoms with Gasteiger partial charge in [-0.1, -0.05) is 0 Å². The molecule has 0 aromatic heterocycles. The van der Waals surface area contributed by atoms with Gasteiger partial charge < -0.3 is 10.0 Å². The summed E-state index contributed by atoms with van der Waals surface area (Å²) < 4.78 is 14.4. The van der Waals surface area contributed by atoms with Gasteiger partial charge in [0, 0.05) is 19.2 Å². The number of hydrogen-bond acceptors (Lipinski definition) is 3. The fourth-order valence-corrected chi connectivity index (χ4v) is 2.17. The van der Waals surface area contributed by atoms with Gasteiger partial charge in [0.2, 0.25) is 0 Å². The maximum Gasteiger partial charge on any atom is 0.161 e. The first-order chi connectivity index (χ1) is 8.52. The van der Waals surface area contributed by atoms with E-state index in [0.29, 0.717) is 18.7 Å². The Morgan fingerprint density at radius 1 is 1.50 bits per heavy atom. The van der Waals surface area contributed by atoms with E-state index in [9.17, 15) is 4.39 Å². The molecule has 0 aliphatic rings. The lowest BCUT2D eigenvalue weighted by Gasteiger charge is -2.29. The molecule has 5 heteroatoms. The van der Waals surface area contributed by atoms with Gasteiger partial charge in [0.1, 0.15) is 6.07 Å². The zero-order chi connectivity index (χ0) is 13.7. The van der Waals surface area contributed by atoms with Crippen molar-refractivity contribution in [2.45, 2.75) is 26.3 Å². The maximum atomic E-state index is 14.2. The predicted molar refractivity (Wildman–Crippen MR) is 73.0 cm³/mol. The standard InChI is InChI=1S/C13H16BrFN2O/c1-9(2)17(6-3-7-18)11-5-4-10(8-16)12(14)13(11)15/h4-5,9,18H,3,6-7H2,1-2H3. The highest BCUT2D eigenvalue weighted by Crippen LogP contribution is 2.30. The van der Waals surface area contributed by atoms with Crippen molar-refractivity contribution in [1.82, 2.24) is 0 Å². The zero-order valence-corrected chi connectivity index (χ0v) is 12.0. The summed E-state index contributed by atoms with van der Waals surface area (Å²) in [6, 6.07) is 5.25. The van der Waals surface area contributed by atoms with Crippen LogP contribution >= 0.6 is 15.9 Å². The lowest BCUT2D eigenvalue weighted by molar-refractivity contribution is 0.288. The van der Waals surface area contributed by atoms with Crippen molar-refractivity contribution in [3.05, 3.63) is 28.0 Å². The molecule has 0 unspecified atom stereocenters. The van der Waals surface area contributed by atoms with Crippen molar-refractivity contribution in [2.75, 3.05) is 18.1 Å². The Balaban J connectivity index is 3.14. The molecule has 3 nitrogen and oxygen atoms in total. The van der Waals surface area contributed by atoms with E-state index in [0.717, 1.165) is 0 Å². The van der Waals surface area contributed by atoms with Gasteiger partial charge in [0.15, 0.2) is 5.82 Å². The van der Waals surface area contributed by atoms with Crippen LogP contribution in [-0.2, 0) is 0 Å². The molecule has 18 heavy (non-hydrogen) atoms. The number of halogens is 2. The number of anilines is 1. The number of hydrogen-bond donors (Lipinski definition) is 1. The van der Waals surface area contributed by atoms with Crippen molar-refractivity contribution < 1.29 is 9.50 Å². The normalized spacial score (nSPS) is 10.5. The minimum Gasteiger partial charge on any atom is -0.396 e. The quantitative estimate of drug-likeness (QED) is 0.908. The molecule has 1 N–H and O–H groups in total. The van der Waals surface area contributed by atoms with Gasteiger partial charge in [-0.3, -0.25) is 0 Å². The minimum absolute atomic E-state index is 0.0717. The summed E-state index contributed by atoms with van der Waals surface area (Å²) in [5.41, 5.74) is 0.728. The van der Waals surface area contributed by atoms with Crippen LogP contribution in [0.5, 0.6) is 0 Å². The fraction of sp³-hybridized carbons (Fsp3) is 0.462. The van der Waals surface area contributed by atoms with Crippen molar-refractivity contribution in [3.8, 4) is 6.07 Å². The summed E-state index contributed by atoms with van der Waals surface area (Å²) in [7, 11) is 0. The molecule has 1 aromatic carbocycles. The predicted octanol–water partition coefficient (Wildman–Crippen LogP) is 3.06. The summed E-state index contributed by atoms with van der Waals surface area (Å²) in [5, 5.41) is 17.7. The highest BCUT2D eigenvalue weighted by molar-refractivity contribution is 9.10. The van der Waals surface area contributed by atoms with Gasteiger partial charge in [-0.25, -0.2) is 4.39 Å². The van der Waals surface area contributed by atoms with Crippen molar-refractivity contribution in [2.24, 2.45) is 0 Å². The Hall–Kier alpha value is -1.12. The SMILES string of the molecule is CC(C)N(CCCO)c1ccc(C#N)c(Br)c1F. The molecule has 0 atom stereocenters. The molecule has 0 aliphatic heterocycles. The molecule has 0 fully saturated rings. The molecular formula is C13H16BrFN2O. The van der Waals surface area contributed by atoms with Crippen molar-refractivity contribution >= 4 is 21.6 Å². The minimum atomic E-state index is -0.430. The smallest absolute Gasteiger partial charge is 0.161 e. The molecule has 0 amide bonds. The van der Waals surface area contributed by atoms with Crippen LogP contribution in [0.2, 0.25) is 0 Å². The second-order valence-corrected chi connectivity index (χ2v) is 5.03.